The van der Waals surface area contributed by atoms with Gasteiger partial charge in [-0.05, 0) is 36.5 Å². The van der Waals surface area contributed by atoms with Crippen molar-refractivity contribution in [2.24, 2.45) is 0 Å². The quantitative estimate of drug-likeness (QED) is 0.339. The molecule has 1 aromatic rings. The Morgan fingerprint density at radius 1 is 1.15 bits per heavy atom. The molecule has 3 unspecified atom stereocenters. The average molecular weight is 483 g/mol. The highest BCUT2D eigenvalue weighted by Crippen LogP contribution is 2.57. The van der Waals surface area contributed by atoms with Gasteiger partial charge in [-0.15, -0.1) is 0 Å². The van der Waals surface area contributed by atoms with Crippen LogP contribution in [0.2, 0.25) is 0 Å². The van der Waals surface area contributed by atoms with Crippen LogP contribution in [-0.4, -0.2) is 54.4 Å². The van der Waals surface area contributed by atoms with E-state index in [0.29, 0.717) is 29.7 Å². The summed E-state index contributed by atoms with van der Waals surface area (Å²) in [6.45, 7) is 4.18. The van der Waals surface area contributed by atoms with Gasteiger partial charge in [-0.3, -0.25) is 13.8 Å². The van der Waals surface area contributed by atoms with Crippen LogP contribution in [0.1, 0.15) is 61.9 Å². The average Bonchev–Trinajstić information content (AvgIpc) is 3.26. The summed E-state index contributed by atoms with van der Waals surface area (Å²) in [5.41, 5.74) is 1.14. The second-order valence-electron chi connectivity index (χ2n) is 8.18. The van der Waals surface area contributed by atoms with Crippen LogP contribution in [0.3, 0.4) is 0 Å². The zero-order valence-corrected chi connectivity index (χ0v) is 19.6. The molecule has 0 spiro atoms. The summed E-state index contributed by atoms with van der Waals surface area (Å²) in [5.74, 6) is -0.207. The van der Waals surface area contributed by atoms with Gasteiger partial charge in [0.1, 0.15) is 6.10 Å². The number of fused-ring (bicyclic) bond motifs is 4. The molecule has 182 valence electrons. The summed E-state index contributed by atoms with van der Waals surface area (Å²) in [4.78, 5) is 13.1. The molecule has 1 amide bonds. The summed E-state index contributed by atoms with van der Waals surface area (Å²) in [7, 11) is -4.09. The lowest BCUT2D eigenvalue weighted by atomic mass is 9.80. The number of rotatable bonds is 10. The normalized spacial score (nSPS) is 23.5. The fourth-order valence-corrected chi connectivity index (χ4v) is 5.25. The van der Waals surface area contributed by atoms with Crippen molar-refractivity contribution in [3.8, 4) is 17.2 Å². The highest BCUT2D eigenvalue weighted by molar-refractivity contribution is 7.48. The van der Waals surface area contributed by atoms with E-state index >= 15 is 0 Å². The zero-order valence-electron chi connectivity index (χ0n) is 18.7. The molecule has 33 heavy (non-hydrogen) atoms. The maximum Gasteiger partial charge on any atom is 0.530 e. The molecule has 11 heteroatoms. The summed E-state index contributed by atoms with van der Waals surface area (Å²) in [5, 5.41) is 23.2. The number of nitrogens with one attached hydrogen (secondary N) is 1. The molecule has 0 aromatic heterocycles. The number of phosphoric ester groups is 1. The van der Waals surface area contributed by atoms with E-state index in [1.165, 1.54) is 0 Å². The van der Waals surface area contributed by atoms with Gasteiger partial charge < -0.3 is 29.5 Å². The first-order valence-electron chi connectivity index (χ1n) is 11.3. The molecular weight excluding hydrogens is 453 g/mol. The monoisotopic (exact) mass is 483 g/mol. The molecule has 10 nitrogen and oxygen atoms in total. The third-order valence-electron chi connectivity index (χ3n) is 5.79. The molecule has 4 rings (SSSR count). The Hall–Kier alpha value is -2.10. The lowest BCUT2D eigenvalue weighted by Crippen LogP contribution is -2.53. The summed E-state index contributed by atoms with van der Waals surface area (Å²) >= 11 is 0. The van der Waals surface area contributed by atoms with E-state index in [9.17, 15) is 19.6 Å². The maximum absolute atomic E-state index is 13.5. The highest BCUT2D eigenvalue weighted by Gasteiger charge is 2.44. The smallest absolute Gasteiger partial charge is 0.453 e. The Labute approximate surface area is 192 Å². The van der Waals surface area contributed by atoms with Gasteiger partial charge in [0.25, 0.3) is 5.91 Å². The van der Waals surface area contributed by atoms with Crippen LogP contribution in [0.5, 0.6) is 17.2 Å². The predicted octanol–water partition coefficient (Wildman–Crippen LogP) is 3.16. The topological polar surface area (TPSA) is 133 Å². The molecule has 0 saturated carbocycles. The first kappa shape index (κ1) is 24.0. The van der Waals surface area contributed by atoms with Crippen LogP contribution in [0.25, 0.3) is 5.57 Å². The standard InChI is InChI=1S/C22H30NO9P/c1-3-5-9-30-33(27,31-10-6-4-2)32-21-17-14(11-16-20(21)29-12-28-16)13-7-8-15(24)19(25)18(13)23-22(17)26/h7,11,15,18-19,24-25H,3-6,8-10,12H2,1-2H3,(H,23,26). The number of aliphatic hydroxyl groups is 2. The fourth-order valence-electron chi connectivity index (χ4n) is 3.97. The molecule has 2 aliphatic heterocycles. The summed E-state index contributed by atoms with van der Waals surface area (Å²) in [6.07, 6.45) is 2.77. The SMILES string of the molecule is CCCCOP(=O)(OCCCC)Oc1c2c(cc3c1C(=O)NC1C3=CCC(O)C1O)OCO2. The van der Waals surface area contributed by atoms with Crippen LogP contribution in [0.4, 0.5) is 0 Å². The Morgan fingerprint density at radius 3 is 2.52 bits per heavy atom. The molecule has 0 radical (unpaired) electrons. The van der Waals surface area contributed by atoms with Gasteiger partial charge in [-0.1, -0.05) is 32.8 Å². The van der Waals surface area contributed by atoms with Gasteiger partial charge in [0.05, 0.1) is 30.9 Å². The highest BCUT2D eigenvalue weighted by atomic mass is 31.2. The minimum Gasteiger partial charge on any atom is -0.453 e. The number of carbonyl (C=O) groups is 1. The van der Waals surface area contributed by atoms with Crippen molar-refractivity contribution in [1.82, 2.24) is 5.32 Å². The van der Waals surface area contributed by atoms with Crippen LogP contribution < -0.4 is 19.3 Å². The largest absolute Gasteiger partial charge is 0.530 e. The van der Waals surface area contributed by atoms with E-state index in [2.05, 4.69) is 5.32 Å². The molecule has 1 aromatic carbocycles. The molecule has 2 heterocycles. The molecule has 3 N–H and O–H groups in total. The van der Waals surface area contributed by atoms with Gasteiger partial charge in [0, 0.05) is 0 Å². The Kier molecular flexibility index (Phi) is 7.31. The Balaban J connectivity index is 1.76. The first-order chi connectivity index (χ1) is 15.9. The number of unbranched alkanes of at least 4 members (excludes halogenated alkanes) is 2. The molecule has 0 bridgehead atoms. The number of aliphatic hydroxyl groups excluding tert-OH is 2. The minimum absolute atomic E-state index is 0.0868. The number of phosphoric acid groups is 1. The minimum atomic E-state index is -4.09. The molecule has 0 fully saturated rings. The van der Waals surface area contributed by atoms with Crippen LogP contribution in [0, 0.1) is 0 Å². The van der Waals surface area contributed by atoms with Crippen molar-refractivity contribution in [1.29, 1.82) is 0 Å². The fraction of sp³-hybridized carbons (Fsp3) is 0.591. The third-order valence-corrected chi connectivity index (χ3v) is 7.20. The van der Waals surface area contributed by atoms with Crippen molar-refractivity contribution in [3.63, 3.8) is 0 Å². The lowest BCUT2D eigenvalue weighted by molar-refractivity contribution is 0.00500. The van der Waals surface area contributed by atoms with Crippen molar-refractivity contribution >= 4 is 19.3 Å². The summed E-state index contributed by atoms with van der Waals surface area (Å²) in [6, 6.07) is 0.836. The van der Waals surface area contributed by atoms with Gasteiger partial charge >= 0.3 is 7.82 Å². The number of benzene rings is 1. The number of carbonyl (C=O) groups excluding carboxylic acids is 1. The van der Waals surface area contributed by atoms with Crippen molar-refractivity contribution in [2.75, 3.05) is 20.0 Å². The van der Waals surface area contributed by atoms with Crippen molar-refractivity contribution < 1.29 is 42.6 Å². The van der Waals surface area contributed by atoms with E-state index in [0.717, 1.165) is 12.8 Å². The summed E-state index contributed by atoms with van der Waals surface area (Å²) < 4.78 is 41.5. The van der Waals surface area contributed by atoms with E-state index < -0.39 is 32.0 Å². The van der Waals surface area contributed by atoms with E-state index in [1.807, 2.05) is 13.8 Å². The van der Waals surface area contributed by atoms with E-state index in [1.54, 1.807) is 12.1 Å². The van der Waals surface area contributed by atoms with Crippen molar-refractivity contribution in [3.05, 3.63) is 23.3 Å². The molecule has 3 atom stereocenters. The Morgan fingerprint density at radius 2 is 1.85 bits per heavy atom. The van der Waals surface area contributed by atoms with Gasteiger partial charge in [0.15, 0.2) is 11.5 Å². The predicted molar refractivity (Wildman–Crippen MR) is 118 cm³/mol. The van der Waals surface area contributed by atoms with E-state index in [-0.39, 0.29) is 43.5 Å². The van der Waals surface area contributed by atoms with Crippen LogP contribution >= 0.6 is 7.82 Å². The van der Waals surface area contributed by atoms with Gasteiger partial charge in [-0.25, -0.2) is 4.57 Å². The van der Waals surface area contributed by atoms with E-state index in [4.69, 9.17) is 23.0 Å². The molecule has 0 saturated heterocycles. The van der Waals surface area contributed by atoms with Crippen LogP contribution in [-0.2, 0) is 13.6 Å². The lowest BCUT2D eigenvalue weighted by Gasteiger charge is -2.37. The molecular formula is C22H30NO9P. The second-order valence-corrected chi connectivity index (χ2v) is 9.77. The molecule has 1 aliphatic carbocycles. The van der Waals surface area contributed by atoms with Gasteiger partial charge in [-0.2, -0.15) is 0 Å². The third kappa shape index (κ3) is 4.76. The Bertz CT molecular complexity index is 965. The van der Waals surface area contributed by atoms with Crippen LogP contribution in [0.15, 0.2) is 12.1 Å². The van der Waals surface area contributed by atoms with Gasteiger partial charge in [0.2, 0.25) is 12.5 Å². The number of hydrogen-bond acceptors (Lipinski definition) is 9. The second kappa shape index (κ2) is 10.0. The molecule has 3 aliphatic rings. The number of ether oxygens (including phenoxy) is 2. The maximum atomic E-state index is 13.5. The van der Waals surface area contributed by atoms with Crippen molar-refractivity contribution in [2.45, 2.75) is 64.2 Å². The zero-order chi connectivity index (χ0) is 23.6. The number of amides is 1. The first-order valence-corrected chi connectivity index (χ1v) is 12.8. The number of hydrogen-bond donors (Lipinski definition) is 3.